The molecule has 2 unspecified atom stereocenters. The predicted molar refractivity (Wildman–Crippen MR) is 137 cm³/mol. The molecule has 0 bridgehead atoms. The molecular formula is C30H34N2O. The van der Waals surface area contributed by atoms with E-state index in [-0.39, 0.29) is 5.41 Å². The van der Waals surface area contributed by atoms with Crippen molar-refractivity contribution < 1.29 is 4.74 Å². The van der Waals surface area contributed by atoms with Crippen molar-refractivity contribution >= 4 is 5.69 Å². The van der Waals surface area contributed by atoms with Crippen LogP contribution in [0.25, 0.3) is 0 Å². The molecule has 2 aliphatic heterocycles. The molecule has 0 aromatic heterocycles. The number of allylic oxidation sites excluding steroid dienone is 2. The van der Waals surface area contributed by atoms with E-state index >= 15 is 0 Å². The minimum Gasteiger partial charge on any atom is -0.497 e. The number of rotatable bonds is 7. The summed E-state index contributed by atoms with van der Waals surface area (Å²) in [6.07, 6.45) is 4.96. The second-order valence-electron chi connectivity index (χ2n) is 9.72. The fourth-order valence-electron chi connectivity index (χ4n) is 5.78. The molecule has 3 aromatic rings. The number of fused-ring (bicyclic) bond motifs is 3. The van der Waals surface area contributed by atoms with Crippen molar-refractivity contribution in [1.82, 2.24) is 4.90 Å². The zero-order valence-corrected chi connectivity index (χ0v) is 20.0. The molecule has 1 saturated heterocycles. The van der Waals surface area contributed by atoms with Gasteiger partial charge in [0.1, 0.15) is 5.75 Å². The first-order valence-corrected chi connectivity index (χ1v) is 12.0. The molecule has 2 heterocycles. The molecule has 1 fully saturated rings. The van der Waals surface area contributed by atoms with Gasteiger partial charge < -0.3 is 9.64 Å². The summed E-state index contributed by atoms with van der Waals surface area (Å²) in [5, 5.41) is 0. The molecule has 33 heavy (non-hydrogen) atoms. The van der Waals surface area contributed by atoms with Crippen LogP contribution < -0.4 is 9.64 Å². The molecule has 0 spiro atoms. The summed E-state index contributed by atoms with van der Waals surface area (Å²) < 4.78 is 5.69. The van der Waals surface area contributed by atoms with E-state index in [1.807, 2.05) is 0 Å². The number of likely N-dealkylation sites (tertiary alicyclic amines) is 1. The van der Waals surface area contributed by atoms with Gasteiger partial charge in [0, 0.05) is 30.7 Å². The van der Waals surface area contributed by atoms with E-state index in [1.54, 1.807) is 7.11 Å². The molecule has 0 N–H and O–H groups in total. The van der Waals surface area contributed by atoms with Gasteiger partial charge in [0.15, 0.2) is 0 Å². The molecule has 3 nitrogen and oxygen atoms in total. The minimum atomic E-state index is 0.0602. The van der Waals surface area contributed by atoms with E-state index in [1.165, 1.54) is 28.0 Å². The average molecular weight is 439 g/mol. The lowest BCUT2D eigenvalue weighted by Crippen LogP contribution is -2.49. The summed E-state index contributed by atoms with van der Waals surface area (Å²) in [6, 6.07) is 28.5. The Hall–Kier alpha value is -3.04. The van der Waals surface area contributed by atoms with Gasteiger partial charge in [-0.05, 0) is 61.6 Å². The number of anilines is 1. The topological polar surface area (TPSA) is 15.7 Å². The summed E-state index contributed by atoms with van der Waals surface area (Å²) in [7, 11) is 1.77. The van der Waals surface area contributed by atoms with Gasteiger partial charge in [-0.25, -0.2) is 0 Å². The molecule has 170 valence electrons. The first kappa shape index (κ1) is 21.8. The first-order valence-electron chi connectivity index (χ1n) is 12.0. The van der Waals surface area contributed by atoms with Crippen molar-refractivity contribution in [2.24, 2.45) is 0 Å². The van der Waals surface area contributed by atoms with Gasteiger partial charge in [-0.2, -0.15) is 0 Å². The number of hydrogen-bond acceptors (Lipinski definition) is 3. The lowest BCUT2D eigenvalue weighted by atomic mass is 9.76. The van der Waals surface area contributed by atoms with Crippen LogP contribution in [0.2, 0.25) is 0 Å². The van der Waals surface area contributed by atoms with Gasteiger partial charge in [-0.3, -0.25) is 4.90 Å². The summed E-state index contributed by atoms with van der Waals surface area (Å²) in [6.45, 7) is 7.40. The second-order valence-corrected chi connectivity index (χ2v) is 9.72. The van der Waals surface area contributed by atoms with Gasteiger partial charge in [-0.15, -0.1) is 0 Å². The van der Waals surface area contributed by atoms with Crippen molar-refractivity contribution in [2.45, 2.75) is 51.4 Å². The Labute approximate surface area is 198 Å². The molecule has 0 aliphatic carbocycles. The van der Waals surface area contributed by atoms with E-state index in [0.29, 0.717) is 6.17 Å². The highest BCUT2D eigenvalue weighted by Gasteiger charge is 2.56. The minimum absolute atomic E-state index is 0.0602. The highest BCUT2D eigenvalue weighted by Crippen LogP contribution is 2.56. The zero-order chi connectivity index (χ0) is 22.8. The van der Waals surface area contributed by atoms with Crippen LogP contribution in [-0.4, -0.2) is 24.7 Å². The molecule has 3 heteroatoms. The van der Waals surface area contributed by atoms with E-state index in [9.17, 15) is 0 Å². The lowest BCUT2D eigenvalue weighted by Gasteiger charge is -2.38. The van der Waals surface area contributed by atoms with E-state index in [4.69, 9.17) is 4.74 Å². The monoisotopic (exact) mass is 438 g/mol. The molecule has 3 aromatic carbocycles. The third kappa shape index (κ3) is 4.06. The Morgan fingerprint density at radius 2 is 1.61 bits per heavy atom. The standard InChI is InChI=1S/C30H34N2O/c1-23(2)16-17-30-18-19-31(21-24-10-6-4-7-11-24)29(30)32(22-25-12-8-5-9-13-25)28-15-14-26(33-3)20-27(28)30/h4-16,20,29H,17-19,21-22H2,1-3H3. The normalized spacial score (nSPS) is 21.5. The number of hydrogen-bond donors (Lipinski definition) is 0. The summed E-state index contributed by atoms with van der Waals surface area (Å²) in [4.78, 5) is 5.35. The van der Waals surface area contributed by atoms with Crippen LogP contribution in [-0.2, 0) is 18.5 Å². The van der Waals surface area contributed by atoms with Crippen LogP contribution in [0, 0.1) is 0 Å². The van der Waals surface area contributed by atoms with Crippen molar-refractivity contribution in [1.29, 1.82) is 0 Å². The number of benzene rings is 3. The van der Waals surface area contributed by atoms with Crippen molar-refractivity contribution in [3.63, 3.8) is 0 Å². The molecule has 2 aliphatic rings. The third-order valence-corrected chi connectivity index (χ3v) is 7.33. The van der Waals surface area contributed by atoms with Gasteiger partial charge in [0.05, 0.1) is 13.3 Å². The van der Waals surface area contributed by atoms with Gasteiger partial charge in [0.2, 0.25) is 0 Å². The molecule has 5 rings (SSSR count). The fourth-order valence-corrected chi connectivity index (χ4v) is 5.78. The summed E-state index contributed by atoms with van der Waals surface area (Å²) in [5.74, 6) is 0.951. The molecular weight excluding hydrogens is 404 g/mol. The van der Waals surface area contributed by atoms with Gasteiger partial charge in [0.25, 0.3) is 0 Å². The Bertz CT molecular complexity index is 1120. The van der Waals surface area contributed by atoms with Crippen LogP contribution in [0.3, 0.4) is 0 Å². The van der Waals surface area contributed by atoms with Crippen LogP contribution in [0.1, 0.15) is 43.4 Å². The number of ether oxygens (including phenoxy) is 1. The van der Waals surface area contributed by atoms with Crippen molar-refractivity contribution in [3.8, 4) is 5.75 Å². The van der Waals surface area contributed by atoms with E-state index < -0.39 is 0 Å². The largest absolute Gasteiger partial charge is 0.497 e. The second kappa shape index (κ2) is 9.07. The molecule has 2 atom stereocenters. The highest BCUT2D eigenvalue weighted by atomic mass is 16.5. The maximum Gasteiger partial charge on any atom is 0.119 e. The summed E-state index contributed by atoms with van der Waals surface area (Å²) in [5.41, 5.74) is 6.97. The average Bonchev–Trinajstić information content (AvgIpc) is 3.33. The Balaban J connectivity index is 1.61. The van der Waals surface area contributed by atoms with Crippen LogP contribution in [0.15, 0.2) is 90.5 Å². The maximum atomic E-state index is 5.69. The first-order chi connectivity index (χ1) is 16.1. The smallest absolute Gasteiger partial charge is 0.119 e. The SMILES string of the molecule is COc1ccc2c(c1)C1(CC=C(C)C)CCN(Cc3ccccc3)C1N2Cc1ccccc1. The molecule has 0 saturated carbocycles. The number of nitrogens with zero attached hydrogens (tertiary/aromatic N) is 2. The third-order valence-electron chi connectivity index (χ3n) is 7.33. The quantitative estimate of drug-likeness (QED) is 0.390. The molecule has 0 radical (unpaired) electrons. The summed E-state index contributed by atoms with van der Waals surface area (Å²) >= 11 is 0. The van der Waals surface area contributed by atoms with Crippen molar-refractivity contribution in [3.05, 3.63) is 107 Å². The van der Waals surface area contributed by atoms with Crippen molar-refractivity contribution in [2.75, 3.05) is 18.6 Å². The maximum absolute atomic E-state index is 5.69. The molecule has 0 amide bonds. The highest BCUT2D eigenvalue weighted by molar-refractivity contribution is 5.67. The Kier molecular flexibility index (Phi) is 5.99. The number of methoxy groups -OCH3 is 1. The lowest BCUT2D eigenvalue weighted by molar-refractivity contribution is 0.201. The van der Waals surface area contributed by atoms with E-state index in [2.05, 4.69) is 109 Å². The Morgan fingerprint density at radius 1 is 0.939 bits per heavy atom. The Morgan fingerprint density at radius 3 is 2.24 bits per heavy atom. The zero-order valence-electron chi connectivity index (χ0n) is 20.0. The van der Waals surface area contributed by atoms with Crippen LogP contribution >= 0.6 is 0 Å². The predicted octanol–water partition coefficient (Wildman–Crippen LogP) is 6.54. The van der Waals surface area contributed by atoms with Gasteiger partial charge in [-0.1, -0.05) is 72.3 Å². The fraction of sp³-hybridized carbons (Fsp3) is 0.333. The van der Waals surface area contributed by atoms with Gasteiger partial charge >= 0.3 is 0 Å². The van der Waals surface area contributed by atoms with Crippen LogP contribution in [0.5, 0.6) is 5.75 Å². The van der Waals surface area contributed by atoms with E-state index in [0.717, 1.165) is 38.2 Å². The van der Waals surface area contributed by atoms with Crippen LogP contribution in [0.4, 0.5) is 5.69 Å².